The fraction of sp³-hybridized carbons (Fsp3) is 0.500. The van der Waals surface area contributed by atoms with Gasteiger partial charge in [0.15, 0.2) is 0 Å². The van der Waals surface area contributed by atoms with Crippen molar-refractivity contribution >= 4 is 35.2 Å². The number of aliphatic carboxylic acids is 1. The van der Waals surface area contributed by atoms with Crippen molar-refractivity contribution in [2.75, 3.05) is 19.6 Å². The highest BCUT2D eigenvalue weighted by Gasteiger charge is 2.60. The van der Waals surface area contributed by atoms with Crippen LogP contribution >= 0.6 is 23.2 Å². The van der Waals surface area contributed by atoms with E-state index in [1.165, 1.54) is 29.2 Å². The lowest BCUT2D eigenvalue weighted by Crippen LogP contribution is -2.48. The van der Waals surface area contributed by atoms with E-state index in [2.05, 4.69) is 6.07 Å². The highest BCUT2D eigenvalue weighted by molar-refractivity contribution is 6.31. The number of benzene rings is 2. The van der Waals surface area contributed by atoms with Crippen LogP contribution in [0.2, 0.25) is 10.0 Å². The van der Waals surface area contributed by atoms with Crippen LogP contribution in [0.15, 0.2) is 36.4 Å². The summed E-state index contributed by atoms with van der Waals surface area (Å²) in [5, 5.41) is 20.1. The topological polar surface area (TPSA) is 84.6 Å². The van der Waals surface area contributed by atoms with Crippen molar-refractivity contribution in [3.8, 4) is 6.07 Å². The molecule has 214 valence electrons. The van der Waals surface area contributed by atoms with Gasteiger partial charge in [-0.3, -0.25) is 4.79 Å². The third kappa shape index (κ3) is 5.77. The average molecular weight is 593 g/mol. The van der Waals surface area contributed by atoms with Gasteiger partial charge in [-0.2, -0.15) is 5.26 Å². The minimum Gasteiger partial charge on any atom is -0.481 e. The molecule has 3 atom stereocenters. The number of urea groups is 1. The Balaban J connectivity index is 1.87. The molecule has 10 heteroatoms. The van der Waals surface area contributed by atoms with Gasteiger partial charge < -0.3 is 14.9 Å². The summed E-state index contributed by atoms with van der Waals surface area (Å²) in [6, 6.07) is 9.31. The van der Waals surface area contributed by atoms with E-state index in [1.807, 2.05) is 20.8 Å². The molecule has 0 radical (unpaired) electrons. The number of rotatable bonds is 5. The summed E-state index contributed by atoms with van der Waals surface area (Å²) in [7, 11) is 0. The second-order valence-electron chi connectivity index (χ2n) is 12.1. The Morgan fingerprint density at radius 3 is 2.40 bits per heavy atom. The van der Waals surface area contributed by atoms with Crippen LogP contribution in [0, 0.1) is 40.2 Å². The Bertz CT molecular complexity index is 1330. The fourth-order valence-corrected chi connectivity index (χ4v) is 6.76. The number of nitrogens with zero attached hydrogens (tertiary/aromatic N) is 3. The van der Waals surface area contributed by atoms with Crippen molar-refractivity contribution in [3.63, 3.8) is 0 Å². The second-order valence-corrected chi connectivity index (χ2v) is 12.9. The summed E-state index contributed by atoms with van der Waals surface area (Å²) >= 11 is 12.3. The summed E-state index contributed by atoms with van der Waals surface area (Å²) < 4.78 is 31.5. The van der Waals surface area contributed by atoms with Crippen LogP contribution in [0.25, 0.3) is 0 Å². The normalized spacial score (nSPS) is 23.8. The summed E-state index contributed by atoms with van der Waals surface area (Å²) in [6.07, 6.45) is 1.51. The van der Waals surface area contributed by atoms with Crippen LogP contribution in [-0.2, 0) is 10.2 Å². The van der Waals surface area contributed by atoms with Crippen molar-refractivity contribution in [1.29, 1.82) is 5.26 Å². The van der Waals surface area contributed by atoms with Gasteiger partial charge in [0.1, 0.15) is 17.0 Å². The van der Waals surface area contributed by atoms with Crippen LogP contribution in [0.5, 0.6) is 0 Å². The van der Waals surface area contributed by atoms with Crippen molar-refractivity contribution in [1.82, 2.24) is 9.80 Å². The van der Waals surface area contributed by atoms with Crippen LogP contribution in [-0.4, -0.2) is 46.5 Å². The summed E-state index contributed by atoms with van der Waals surface area (Å²) in [6.45, 7) is 6.76. The smallest absolute Gasteiger partial charge is 0.320 e. The molecule has 2 aliphatic heterocycles. The Hall–Kier alpha value is -2.89. The number of nitriles is 1. The van der Waals surface area contributed by atoms with Gasteiger partial charge in [-0.05, 0) is 48.8 Å². The number of carboxylic acids is 1. The van der Waals surface area contributed by atoms with Gasteiger partial charge in [0.2, 0.25) is 0 Å². The molecule has 2 saturated heterocycles. The number of carbonyl (C=O) groups excluding carboxylic acids is 1. The quantitative estimate of drug-likeness (QED) is 0.391. The first-order valence-corrected chi connectivity index (χ1v) is 14.1. The van der Waals surface area contributed by atoms with Gasteiger partial charge in [-0.25, -0.2) is 13.6 Å². The molecule has 2 heterocycles. The van der Waals surface area contributed by atoms with Crippen molar-refractivity contribution in [2.45, 2.75) is 57.9 Å². The zero-order valence-electron chi connectivity index (χ0n) is 22.8. The first-order chi connectivity index (χ1) is 18.8. The molecule has 0 bridgehead atoms. The number of carbonyl (C=O) groups is 2. The number of amides is 2. The lowest BCUT2D eigenvalue weighted by molar-refractivity contribution is -0.138. The molecule has 2 fully saturated rings. The molecular formula is C30H33Cl2F2N3O3. The highest BCUT2D eigenvalue weighted by Crippen LogP contribution is 2.56. The van der Waals surface area contributed by atoms with E-state index in [1.54, 1.807) is 11.0 Å². The Morgan fingerprint density at radius 2 is 1.82 bits per heavy atom. The van der Waals surface area contributed by atoms with Crippen LogP contribution in [0.1, 0.15) is 63.6 Å². The molecule has 2 aliphatic rings. The number of halogens is 4. The van der Waals surface area contributed by atoms with Crippen LogP contribution < -0.4 is 0 Å². The first-order valence-electron chi connectivity index (χ1n) is 13.4. The van der Waals surface area contributed by atoms with Gasteiger partial charge in [0, 0.05) is 48.1 Å². The number of carboxylic acid groups (broad SMARTS) is 1. The van der Waals surface area contributed by atoms with Crippen molar-refractivity contribution in [3.05, 3.63) is 69.2 Å². The molecule has 0 unspecified atom stereocenters. The third-order valence-electron chi connectivity index (χ3n) is 8.09. The molecular weight excluding hydrogens is 559 g/mol. The molecule has 0 aromatic heterocycles. The summed E-state index contributed by atoms with van der Waals surface area (Å²) in [5.41, 5.74) is -1.87. The van der Waals surface area contributed by atoms with Crippen LogP contribution in [0.3, 0.4) is 0 Å². The Morgan fingerprint density at radius 1 is 1.15 bits per heavy atom. The van der Waals surface area contributed by atoms with E-state index in [9.17, 15) is 20.0 Å². The maximum Gasteiger partial charge on any atom is 0.320 e. The van der Waals surface area contributed by atoms with E-state index >= 15 is 8.78 Å². The Labute approximate surface area is 243 Å². The van der Waals surface area contributed by atoms with E-state index in [4.69, 9.17) is 23.2 Å². The molecule has 2 aromatic carbocycles. The molecule has 40 heavy (non-hydrogen) atoms. The summed E-state index contributed by atoms with van der Waals surface area (Å²) in [4.78, 5) is 28.4. The van der Waals surface area contributed by atoms with Crippen LogP contribution in [0.4, 0.5) is 13.6 Å². The van der Waals surface area contributed by atoms with Gasteiger partial charge in [-0.1, -0.05) is 62.2 Å². The molecule has 4 rings (SSSR count). The molecule has 0 aliphatic carbocycles. The lowest BCUT2D eigenvalue weighted by Gasteiger charge is -2.40. The maximum absolute atomic E-state index is 15.8. The maximum atomic E-state index is 15.8. The lowest BCUT2D eigenvalue weighted by atomic mass is 9.63. The largest absolute Gasteiger partial charge is 0.481 e. The molecule has 0 spiro atoms. The summed E-state index contributed by atoms with van der Waals surface area (Å²) in [5.74, 6) is -2.95. The number of likely N-dealkylation sites (tertiary alicyclic amines) is 2. The zero-order chi connectivity index (χ0) is 29.4. The predicted octanol–water partition coefficient (Wildman–Crippen LogP) is 7.45. The van der Waals surface area contributed by atoms with Gasteiger partial charge in [-0.15, -0.1) is 0 Å². The van der Waals surface area contributed by atoms with Crippen molar-refractivity contribution in [2.24, 2.45) is 17.3 Å². The minimum absolute atomic E-state index is 0.0309. The fourth-order valence-electron chi connectivity index (χ4n) is 6.42. The monoisotopic (exact) mass is 591 g/mol. The highest BCUT2D eigenvalue weighted by atomic mass is 35.5. The first kappa shape index (κ1) is 30.1. The predicted molar refractivity (Wildman–Crippen MR) is 149 cm³/mol. The molecule has 2 amide bonds. The molecule has 1 N–H and O–H groups in total. The van der Waals surface area contributed by atoms with Gasteiger partial charge >= 0.3 is 12.0 Å². The second kappa shape index (κ2) is 11.5. The van der Waals surface area contributed by atoms with Crippen molar-refractivity contribution < 1.29 is 23.5 Å². The number of hydrogen-bond donors (Lipinski definition) is 1. The number of piperidine rings is 1. The number of hydrogen-bond acceptors (Lipinski definition) is 3. The molecule has 6 nitrogen and oxygen atoms in total. The van der Waals surface area contributed by atoms with Gasteiger partial charge in [0.05, 0.1) is 17.1 Å². The standard InChI is InChI=1S/C30H33Cl2F2N3O3/c1-29(2,3)15-19-16-37(28(40)36-11-9-18(10-12-36)13-25(38)39)27(21-5-4-6-23(32)26(21)34)30(19,17-35)22-8-7-20(31)14-24(22)33/h4-8,14,18-19,27H,9-13,15-16H2,1-3H3,(H,38,39)/t19-,27-,30-/m1/s1. The van der Waals surface area contributed by atoms with Gasteiger partial charge in [0.25, 0.3) is 0 Å². The SMILES string of the molecule is CC(C)(C)C[C@@H]1CN(C(=O)N2CCC(CC(=O)O)CC2)[C@H](c2cccc(Cl)c2F)[C@@]1(C#N)c1ccc(Cl)cc1F. The van der Waals surface area contributed by atoms with E-state index in [0.717, 1.165) is 6.07 Å². The minimum atomic E-state index is -1.65. The molecule has 0 saturated carbocycles. The third-order valence-corrected chi connectivity index (χ3v) is 8.62. The zero-order valence-corrected chi connectivity index (χ0v) is 24.3. The van der Waals surface area contributed by atoms with E-state index < -0.39 is 41.0 Å². The van der Waals surface area contributed by atoms with E-state index in [0.29, 0.717) is 32.4 Å². The average Bonchev–Trinajstić information content (AvgIpc) is 3.18. The van der Waals surface area contributed by atoms with E-state index in [-0.39, 0.29) is 45.5 Å². The molecule has 2 aromatic rings. The Kier molecular flexibility index (Phi) is 8.68.